The summed E-state index contributed by atoms with van der Waals surface area (Å²) in [7, 11) is 0. The SMILES string of the molecule is CCCCC(CC)CC(O)c1cccc(Cl)c1Cl. The Bertz CT molecular complexity index is 366. The maximum absolute atomic E-state index is 10.3. The molecule has 2 unspecified atom stereocenters. The molecule has 0 heterocycles. The van der Waals surface area contributed by atoms with Crippen LogP contribution < -0.4 is 0 Å². The molecule has 1 aromatic rings. The van der Waals surface area contributed by atoms with Crippen LogP contribution >= 0.6 is 23.2 Å². The number of hydrogen-bond acceptors (Lipinski definition) is 1. The molecule has 1 rings (SSSR count). The Hall–Kier alpha value is -0.240. The summed E-state index contributed by atoms with van der Waals surface area (Å²) in [5.41, 5.74) is 0.749. The van der Waals surface area contributed by atoms with Crippen molar-refractivity contribution in [3.05, 3.63) is 33.8 Å². The smallest absolute Gasteiger partial charge is 0.0807 e. The predicted molar refractivity (Wildman–Crippen MR) is 79.3 cm³/mol. The van der Waals surface area contributed by atoms with E-state index >= 15 is 0 Å². The lowest BCUT2D eigenvalue weighted by atomic mass is 9.90. The van der Waals surface area contributed by atoms with Gasteiger partial charge in [-0.3, -0.25) is 0 Å². The average molecular weight is 289 g/mol. The Balaban J connectivity index is 2.68. The van der Waals surface area contributed by atoms with E-state index in [9.17, 15) is 5.11 Å². The van der Waals surface area contributed by atoms with Crippen LogP contribution in [0.2, 0.25) is 10.0 Å². The van der Waals surface area contributed by atoms with Gasteiger partial charge in [-0.2, -0.15) is 0 Å². The maximum atomic E-state index is 10.3. The van der Waals surface area contributed by atoms with Gasteiger partial charge in [0.1, 0.15) is 0 Å². The van der Waals surface area contributed by atoms with E-state index in [0.29, 0.717) is 16.0 Å². The van der Waals surface area contributed by atoms with Gasteiger partial charge >= 0.3 is 0 Å². The van der Waals surface area contributed by atoms with Gasteiger partial charge in [-0.25, -0.2) is 0 Å². The second-order valence-corrected chi connectivity index (χ2v) is 5.60. The summed E-state index contributed by atoms with van der Waals surface area (Å²) in [6.45, 7) is 4.36. The number of hydrogen-bond donors (Lipinski definition) is 1. The molecule has 0 bridgehead atoms. The first-order valence-electron chi connectivity index (χ1n) is 6.72. The molecule has 0 aliphatic heterocycles. The Morgan fingerprint density at radius 2 is 1.94 bits per heavy atom. The highest BCUT2D eigenvalue weighted by Gasteiger charge is 2.17. The van der Waals surface area contributed by atoms with E-state index in [1.54, 1.807) is 6.07 Å². The lowest BCUT2D eigenvalue weighted by molar-refractivity contribution is 0.139. The van der Waals surface area contributed by atoms with Gasteiger partial charge in [0.15, 0.2) is 0 Å². The standard InChI is InChI=1S/C15H22Cl2O/c1-3-5-7-11(4-2)10-14(18)12-8-6-9-13(16)15(12)17/h6,8-9,11,14,18H,3-5,7,10H2,1-2H3. The van der Waals surface area contributed by atoms with Crippen molar-refractivity contribution in [1.82, 2.24) is 0 Å². The Morgan fingerprint density at radius 3 is 2.56 bits per heavy atom. The van der Waals surface area contributed by atoms with Crippen LogP contribution in [0.1, 0.15) is 57.6 Å². The van der Waals surface area contributed by atoms with E-state index < -0.39 is 6.10 Å². The highest BCUT2D eigenvalue weighted by atomic mass is 35.5. The number of aliphatic hydroxyl groups excluding tert-OH is 1. The van der Waals surface area contributed by atoms with Gasteiger partial charge in [0, 0.05) is 5.56 Å². The molecule has 0 spiro atoms. The first kappa shape index (κ1) is 15.8. The van der Waals surface area contributed by atoms with Crippen LogP contribution in [0.15, 0.2) is 18.2 Å². The van der Waals surface area contributed by atoms with Crippen LogP contribution in [0.4, 0.5) is 0 Å². The van der Waals surface area contributed by atoms with Gasteiger partial charge < -0.3 is 5.11 Å². The summed E-state index contributed by atoms with van der Waals surface area (Å²) in [5, 5.41) is 11.3. The van der Waals surface area contributed by atoms with Gasteiger partial charge in [0.05, 0.1) is 16.1 Å². The van der Waals surface area contributed by atoms with Crippen LogP contribution in [0, 0.1) is 5.92 Å². The zero-order chi connectivity index (χ0) is 13.5. The Labute approximate surface area is 120 Å². The lowest BCUT2D eigenvalue weighted by Gasteiger charge is -2.20. The number of halogens is 2. The zero-order valence-corrected chi connectivity index (χ0v) is 12.6. The number of unbranched alkanes of at least 4 members (excludes halogenated alkanes) is 1. The average Bonchev–Trinajstić information content (AvgIpc) is 2.37. The lowest BCUT2D eigenvalue weighted by Crippen LogP contribution is -2.07. The second-order valence-electron chi connectivity index (χ2n) is 4.81. The van der Waals surface area contributed by atoms with Gasteiger partial charge in [-0.1, -0.05) is 74.9 Å². The molecular weight excluding hydrogens is 267 g/mol. The molecule has 1 nitrogen and oxygen atoms in total. The van der Waals surface area contributed by atoms with Crippen molar-refractivity contribution in [3.8, 4) is 0 Å². The molecule has 0 radical (unpaired) electrons. The molecule has 0 saturated carbocycles. The van der Waals surface area contributed by atoms with Crippen molar-refractivity contribution in [1.29, 1.82) is 0 Å². The summed E-state index contributed by atoms with van der Waals surface area (Å²) in [6.07, 6.45) is 4.92. The van der Waals surface area contributed by atoms with Crippen LogP contribution in [0.25, 0.3) is 0 Å². The van der Waals surface area contributed by atoms with Crippen molar-refractivity contribution >= 4 is 23.2 Å². The fraction of sp³-hybridized carbons (Fsp3) is 0.600. The Morgan fingerprint density at radius 1 is 1.22 bits per heavy atom. The van der Waals surface area contributed by atoms with Gasteiger partial charge in [0.2, 0.25) is 0 Å². The summed E-state index contributed by atoms with van der Waals surface area (Å²) in [5.74, 6) is 0.551. The highest BCUT2D eigenvalue weighted by Crippen LogP contribution is 2.34. The van der Waals surface area contributed by atoms with Crippen molar-refractivity contribution < 1.29 is 5.11 Å². The molecule has 0 amide bonds. The molecule has 0 aliphatic rings. The zero-order valence-electron chi connectivity index (χ0n) is 11.1. The Kier molecular flexibility index (Phi) is 7.06. The monoisotopic (exact) mass is 288 g/mol. The van der Waals surface area contributed by atoms with E-state index in [1.807, 2.05) is 12.1 Å². The number of rotatable bonds is 7. The van der Waals surface area contributed by atoms with E-state index in [1.165, 1.54) is 19.3 Å². The molecule has 102 valence electrons. The molecule has 18 heavy (non-hydrogen) atoms. The molecule has 0 aromatic heterocycles. The van der Waals surface area contributed by atoms with Gasteiger partial charge in [-0.05, 0) is 18.4 Å². The summed E-state index contributed by atoms with van der Waals surface area (Å²) < 4.78 is 0. The minimum atomic E-state index is -0.516. The maximum Gasteiger partial charge on any atom is 0.0807 e. The van der Waals surface area contributed by atoms with Crippen LogP contribution in [0.3, 0.4) is 0 Å². The summed E-state index contributed by atoms with van der Waals surface area (Å²) >= 11 is 12.1. The molecule has 3 heteroatoms. The fourth-order valence-corrected chi connectivity index (χ4v) is 2.64. The molecular formula is C15H22Cl2O. The molecule has 1 aromatic carbocycles. The molecule has 1 N–H and O–H groups in total. The van der Waals surface area contributed by atoms with Crippen molar-refractivity contribution in [2.75, 3.05) is 0 Å². The second kappa shape index (κ2) is 8.04. The first-order valence-corrected chi connectivity index (χ1v) is 7.47. The largest absolute Gasteiger partial charge is 0.388 e. The van der Waals surface area contributed by atoms with Crippen molar-refractivity contribution in [2.45, 2.75) is 52.1 Å². The number of aliphatic hydroxyl groups is 1. The van der Waals surface area contributed by atoms with E-state index in [2.05, 4.69) is 13.8 Å². The first-order chi connectivity index (χ1) is 8.60. The highest BCUT2D eigenvalue weighted by molar-refractivity contribution is 6.42. The number of benzene rings is 1. The van der Waals surface area contributed by atoms with Crippen molar-refractivity contribution in [3.63, 3.8) is 0 Å². The quantitative estimate of drug-likeness (QED) is 0.689. The molecule has 0 aliphatic carbocycles. The third-order valence-electron chi connectivity index (χ3n) is 3.44. The minimum Gasteiger partial charge on any atom is -0.388 e. The molecule has 0 fully saturated rings. The fourth-order valence-electron chi connectivity index (χ4n) is 2.20. The van der Waals surface area contributed by atoms with Gasteiger partial charge in [0.25, 0.3) is 0 Å². The predicted octanol–water partition coefficient (Wildman–Crippen LogP) is 5.63. The van der Waals surface area contributed by atoms with Crippen molar-refractivity contribution in [2.24, 2.45) is 5.92 Å². The third-order valence-corrected chi connectivity index (χ3v) is 4.27. The summed E-state index contributed by atoms with van der Waals surface area (Å²) in [6, 6.07) is 5.43. The summed E-state index contributed by atoms with van der Waals surface area (Å²) in [4.78, 5) is 0. The van der Waals surface area contributed by atoms with Crippen LogP contribution in [-0.2, 0) is 0 Å². The molecule has 0 saturated heterocycles. The van der Waals surface area contributed by atoms with Gasteiger partial charge in [-0.15, -0.1) is 0 Å². The molecule has 2 atom stereocenters. The topological polar surface area (TPSA) is 20.2 Å². The minimum absolute atomic E-state index is 0.483. The van der Waals surface area contributed by atoms with E-state index in [-0.39, 0.29) is 0 Å². The third kappa shape index (κ3) is 4.46. The normalized spacial score (nSPS) is 14.5. The van der Waals surface area contributed by atoms with E-state index in [0.717, 1.165) is 18.4 Å². The van der Waals surface area contributed by atoms with Crippen LogP contribution in [0.5, 0.6) is 0 Å². The van der Waals surface area contributed by atoms with E-state index in [4.69, 9.17) is 23.2 Å². The van der Waals surface area contributed by atoms with Crippen LogP contribution in [-0.4, -0.2) is 5.11 Å².